The molecule has 4 nitrogen and oxygen atoms in total. The van der Waals surface area contributed by atoms with Gasteiger partial charge in [-0.2, -0.15) is 0 Å². The van der Waals surface area contributed by atoms with Gasteiger partial charge in [0.05, 0.1) is 6.33 Å². The van der Waals surface area contributed by atoms with Crippen LogP contribution in [0.5, 0.6) is 0 Å². The van der Waals surface area contributed by atoms with Crippen molar-refractivity contribution >= 4 is 29.1 Å². The maximum absolute atomic E-state index is 10.8. The van der Waals surface area contributed by atoms with Crippen LogP contribution in [0.4, 0.5) is 0 Å². The molecule has 1 N–H and O–H groups in total. The summed E-state index contributed by atoms with van der Waals surface area (Å²) in [6.45, 7) is 0. The molecule has 0 aliphatic heterocycles. The summed E-state index contributed by atoms with van der Waals surface area (Å²) in [5.74, 6) is -0.0449. The molecule has 106 valence electrons. The third-order valence-corrected chi connectivity index (χ3v) is 5.04. The molecule has 3 rings (SSSR count). The predicted octanol–water partition coefficient (Wildman–Crippen LogP) is 3.92. The van der Waals surface area contributed by atoms with Gasteiger partial charge in [-0.25, -0.2) is 9.78 Å². The summed E-state index contributed by atoms with van der Waals surface area (Å²) < 4.78 is 1.95. The van der Waals surface area contributed by atoms with Crippen molar-refractivity contribution in [1.29, 1.82) is 0 Å². The van der Waals surface area contributed by atoms with Crippen molar-refractivity contribution in [3.8, 4) is 5.69 Å². The van der Waals surface area contributed by atoms with Gasteiger partial charge in [-0.15, -0.1) is 23.1 Å². The van der Waals surface area contributed by atoms with E-state index in [1.165, 1.54) is 16.9 Å². The van der Waals surface area contributed by atoms with Gasteiger partial charge in [-0.3, -0.25) is 0 Å². The Hall–Kier alpha value is -2.05. The van der Waals surface area contributed by atoms with Crippen LogP contribution >= 0.6 is 23.1 Å². The van der Waals surface area contributed by atoms with E-state index in [0.29, 0.717) is 4.88 Å². The standard InChI is InChI=1S/C15H12N2O2S2/c18-15(19)14-7-13(9-21-14)20-8-11-1-3-12(4-2-11)17-6-5-16-10-17/h1-7,9-10H,8H2,(H,18,19). The molecule has 0 atom stereocenters. The molecule has 0 saturated carbocycles. The number of carboxylic acid groups (broad SMARTS) is 1. The predicted molar refractivity (Wildman–Crippen MR) is 84.4 cm³/mol. The SMILES string of the molecule is O=C(O)c1cc(SCc2ccc(-n3ccnc3)cc2)cs1. The quantitative estimate of drug-likeness (QED) is 0.725. The normalized spacial score (nSPS) is 10.7. The highest BCUT2D eigenvalue weighted by atomic mass is 32.2. The van der Waals surface area contributed by atoms with Crippen molar-refractivity contribution in [2.24, 2.45) is 0 Å². The summed E-state index contributed by atoms with van der Waals surface area (Å²) >= 11 is 2.91. The van der Waals surface area contributed by atoms with Crippen LogP contribution in [0, 0.1) is 0 Å². The molecule has 0 spiro atoms. The van der Waals surface area contributed by atoms with E-state index in [9.17, 15) is 4.79 Å². The molecule has 3 aromatic rings. The lowest BCUT2D eigenvalue weighted by atomic mass is 10.2. The smallest absolute Gasteiger partial charge is 0.345 e. The van der Waals surface area contributed by atoms with Crippen molar-refractivity contribution in [2.45, 2.75) is 10.6 Å². The number of thiophene rings is 1. The third kappa shape index (κ3) is 3.34. The van der Waals surface area contributed by atoms with E-state index < -0.39 is 5.97 Å². The van der Waals surface area contributed by atoms with Gasteiger partial charge in [0.25, 0.3) is 0 Å². The highest BCUT2D eigenvalue weighted by Crippen LogP contribution is 2.28. The number of carbonyl (C=O) groups is 1. The first-order valence-electron chi connectivity index (χ1n) is 6.24. The Kier molecular flexibility index (Phi) is 4.08. The molecule has 0 radical (unpaired) electrons. The number of benzene rings is 1. The van der Waals surface area contributed by atoms with Gasteiger partial charge in [0.1, 0.15) is 4.88 Å². The molecular formula is C15H12N2O2S2. The maximum atomic E-state index is 10.8. The zero-order chi connectivity index (χ0) is 14.7. The lowest BCUT2D eigenvalue weighted by molar-refractivity contribution is 0.0702. The van der Waals surface area contributed by atoms with Gasteiger partial charge in [-0.1, -0.05) is 12.1 Å². The largest absolute Gasteiger partial charge is 0.477 e. The third-order valence-electron chi connectivity index (χ3n) is 2.93. The number of rotatable bonds is 5. The maximum Gasteiger partial charge on any atom is 0.345 e. The molecule has 2 aromatic heterocycles. The molecule has 21 heavy (non-hydrogen) atoms. The Morgan fingerprint density at radius 2 is 2.14 bits per heavy atom. The number of imidazole rings is 1. The molecule has 1 aromatic carbocycles. The Morgan fingerprint density at radius 1 is 1.33 bits per heavy atom. The molecular weight excluding hydrogens is 304 g/mol. The second kappa shape index (κ2) is 6.15. The first-order chi connectivity index (χ1) is 10.2. The second-order valence-electron chi connectivity index (χ2n) is 4.38. The number of thioether (sulfide) groups is 1. The van der Waals surface area contributed by atoms with Crippen molar-refractivity contribution in [3.63, 3.8) is 0 Å². The highest BCUT2D eigenvalue weighted by Gasteiger charge is 2.07. The van der Waals surface area contributed by atoms with Crippen LogP contribution < -0.4 is 0 Å². The zero-order valence-corrected chi connectivity index (χ0v) is 12.6. The summed E-state index contributed by atoms with van der Waals surface area (Å²) in [4.78, 5) is 16.2. The molecule has 6 heteroatoms. The van der Waals surface area contributed by atoms with Crippen LogP contribution in [0.15, 0.2) is 59.3 Å². The van der Waals surface area contributed by atoms with E-state index in [2.05, 4.69) is 17.1 Å². The molecule has 0 aliphatic rings. The summed E-state index contributed by atoms with van der Waals surface area (Å²) in [6, 6.07) is 9.97. The lowest BCUT2D eigenvalue weighted by Crippen LogP contribution is -1.90. The molecule has 2 heterocycles. The van der Waals surface area contributed by atoms with Crippen LogP contribution in [-0.2, 0) is 5.75 Å². The van der Waals surface area contributed by atoms with Crippen LogP contribution in [-0.4, -0.2) is 20.6 Å². The Labute approximate surface area is 130 Å². The average molecular weight is 316 g/mol. The van der Waals surface area contributed by atoms with E-state index >= 15 is 0 Å². The van der Waals surface area contributed by atoms with Crippen molar-refractivity contribution in [2.75, 3.05) is 0 Å². The monoisotopic (exact) mass is 316 g/mol. The van der Waals surface area contributed by atoms with Crippen molar-refractivity contribution in [3.05, 3.63) is 64.9 Å². The molecule has 0 amide bonds. The van der Waals surface area contributed by atoms with Gasteiger partial charge < -0.3 is 9.67 Å². The molecule has 0 unspecified atom stereocenters. The van der Waals surface area contributed by atoms with E-state index in [4.69, 9.17) is 5.11 Å². The van der Waals surface area contributed by atoms with Crippen molar-refractivity contribution < 1.29 is 9.90 Å². The van der Waals surface area contributed by atoms with Gasteiger partial charge in [0, 0.05) is 34.1 Å². The summed E-state index contributed by atoms with van der Waals surface area (Å²) in [6.07, 6.45) is 5.42. The van der Waals surface area contributed by atoms with Crippen LogP contribution in [0.3, 0.4) is 0 Å². The first kappa shape index (κ1) is 13.9. The topological polar surface area (TPSA) is 55.1 Å². The highest BCUT2D eigenvalue weighted by molar-refractivity contribution is 7.98. The van der Waals surface area contributed by atoms with Crippen LogP contribution in [0.2, 0.25) is 0 Å². The second-order valence-corrected chi connectivity index (χ2v) is 6.34. The fourth-order valence-corrected chi connectivity index (χ4v) is 3.67. The molecule has 0 bridgehead atoms. The van der Waals surface area contributed by atoms with E-state index in [0.717, 1.165) is 16.3 Å². The number of aromatic nitrogens is 2. The molecule has 0 aliphatic carbocycles. The number of nitrogens with zero attached hydrogens (tertiary/aromatic N) is 2. The summed E-state index contributed by atoms with van der Waals surface area (Å²) in [7, 11) is 0. The zero-order valence-electron chi connectivity index (χ0n) is 11.0. The molecule has 0 fully saturated rings. The van der Waals surface area contributed by atoms with E-state index in [1.54, 1.807) is 30.4 Å². The number of hydrogen-bond acceptors (Lipinski definition) is 4. The fourth-order valence-electron chi connectivity index (χ4n) is 1.85. The number of hydrogen-bond donors (Lipinski definition) is 1. The van der Waals surface area contributed by atoms with E-state index in [-0.39, 0.29) is 0 Å². The van der Waals surface area contributed by atoms with Crippen LogP contribution in [0.25, 0.3) is 5.69 Å². The van der Waals surface area contributed by atoms with Gasteiger partial charge in [0.15, 0.2) is 0 Å². The van der Waals surface area contributed by atoms with Gasteiger partial charge in [0.2, 0.25) is 0 Å². The minimum absolute atomic E-state index is 0.382. The van der Waals surface area contributed by atoms with Gasteiger partial charge in [-0.05, 0) is 23.8 Å². The fraction of sp³-hybridized carbons (Fsp3) is 0.0667. The minimum Gasteiger partial charge on any atom is -0.477 e. The summed E-state index contributed by atoms with van der Waals surface area (Å²) in [5, 5.41) is 10.8. The minimum atomic E-state index is -0.864. The molecule has 0 saturated heterocycles. The first-order valence-corrected chi connectivity index (χ1v) is 8.11. The van der Waals surface area contributed by atoms with E-state index in [1.807, 2.05) is 28.3 Å². The average Bonchev–Trinajstić information content (AvgIpc) is 3.17. The Morgan fingerprint density at radius 3 is 2.76 bits per heavy atom. The number of aromatic carboxylic acids is 1. The Bertz CT molecular complexity index is 733. The summed E-state index contributed by atoms with van der Waals surface area (Å²) in [5.41, 5.74) is 2.27. The van der Waals surface area contributed by atoms with Crippen LogP contribution in [0.1, 0.15) is 15.2 Å². The number of carboxylic acids is 1. The Balaban J connectivity index is 1.64. The van der Waals surface area contributed by atoms with Crippen molar-refractivity contribution in [1.82, 2.24) is 9.55 Å². The van der Waals surface area contributed by atoms with Gasteiger partial charge >= 0.3 is 5.97 Å². The lowest BCUT2D eigenvalue weighted by Gasteiger charge is -2.04.